The Kier molecular flexibility index (Phi) is 4.62. The van der Waals surface area contributed by atoms with E-state index in [1.807, 2.05) is 60.7 Å². The Morgan fingerprint density at radius 1 is 1.00 bits per heavy atom. The number of hydrogen-bond acceptors (Lipinski definition) is 5. The Morgan fingerprint density at radius 2 is 1.72 bits per heavy atom. The summed E-state index contributed by atoms with van der Waals surface area (Å²) in [6.07, 6.45) is 0.830. The van der Waals surface area contributed by atoms with Gasteiger partial charge in [-0.25, -0.2) is 9.67 Å². The van der Waals surface area contributed by atoms with Crippen LogP contribution in [0, 0.1) is 5.92 Å². The minimum absolute atomic E-state index is 0.141. The van der Waals surface area contributed by atoms with Crippen molar-refractivity contribution < 1.29 is 14.7 Å². The van der Waals surface area contributed by atoms with Gasteiger partial charge in [0.05, 0.1) is 23.2 Å². The van der Waals surface area contributed by atoms with Crippen LogP contribution in [-0.4, -0.2) is 31.7 Å². The van der Waals surface area contributed by atoms with E-state index in [1.54, 1.807) is 0 Å². The molecule has 0 saturated heterocycles. The highest BCUT2D eigenvalue weighted by molar-refractivity contribution is 6.04. The van der Waals surface area contributed by atoms with Crippen molar-refractivity contribution in [2.24, 2.45) is 11.7 Å². The topological polar surface area (TPSA) is 137 Å². The maximum absolute atomic E-state index is 12.2. The van der Waals surface area contributed by atoms with Crippen molar-refractivity contribution in [1.29, 1.82) is 0 Å². The second-order valence-electron chi connectivity index (χ2n) is 8.05. The summed E-state index contributed by atoms with van der Waals surface area (Å²) >= 11 is 0. The predicted molar refractivity (Wildman–Crippen MR) is 121 cm³/mol. The number of pyridine rings is 1. The number of aromatic nitrogens is 3. The highest BCUT2D eigenvalue weighted by atomic mass is 16.4. The number of carboxylic acid groups (broad SMARTS) is 1. The van der Waals surface area contributed by atoms with Gasteiger partial charge in [-0.2, -0.15) is 5.10 Å². The van der Waals surface area contributed by atoms with E-state index in [4.69, 9.17) is 21.6 Å². The molecule has 32 heavy (non-hydrogen) atoms. The fourth-order valence-corrected chi connectivity index (χ4v) is 4.19. The van der Waals surface area contributed by atoms with E-state index in [0.29, 0.717) is 24.1 Å². The Balaban J connectivity index is 1.57. The van der Waals surface area contributed by atoms with Crippen LogP contribution in [-0.2, 0) is 4.79 Å². The summed E-state index contributed by atoms with van der Waals surface area (Å²) in [6.45, 7) is 0. The number of anilines is 1. The first kappa shape index (κ1) is 19.7. The van der Waals surface area contributed by atoms with Crippen LogP contribution in [0.4, 0.5) is 5.82 Å². The van der Waals surface area contributed by atoms with Gasteiger partial charge in [-0.3, -0.25) is 9.59 Å². The molecule has 5 rings (SSSR count). The first-order valence-electron chi connectivity index (χ1n) is 10.3. The minimum Gasteiger partial charge on any atom is -0.481 e. The molecule has 2 aromatic heterocycles. The van der Waals surface area contributed by atoms with Crippen molar-refractivity contribution >= 4 is 28.6 Å². The standard InChI is InChI=1S/C24H21N5O3/c25-22-20(23(26)30)21(28-29(22)17-10-16(11-17)24(31)32)15-7-6-14-8-9-18(27-19(14)12-15)13-4-2-1-3-5-13/h1-9,12,16-17H,10-11,25H2,(H2,26,30)(H,31,32)/t16-,17+. The van der Waals surface area contributed by atoms with Gasteiger partial charge >= 0.3 is 5.97 Å². The molecule has 0 unspecified atom stereocenters. The van der Waals surface area contributed by atoms with Crippen LogP contribution in [0.3, 0.4) is 0 Å². The number of amides is 1. The molecule has 1 amide bonds. The Hall–Kier alpha value is -4.20. The van der Waals surface area contributed by atoms with E-state index in [1.165, 1.54) is 4.68 Å². The average Bonchev–Trinajstić information content (AvgIpc) is 3.09. The van der Waals surface area contributed by atoms with E-state index >= 15 is 0 Å². The lowest BCUT2D eigenvalue weighted by molar-refractivity contribution is -0.146. The molecule has 2 aromatic carbocycles. The highest BCUT2D eigenvalue weighted by Gasteiger charge is 2.38. The van der Waals surface area contributed by atoms with Gasteiger partial charge in [0.25, 0.3) is 5.91 Å². The SMILES string of the molecule is NC(=O)c1c(-c2ccc3ccc(-c4ccccc4)nc3c2)nn([C@H]2C[C@@H](C(=O)O)C2)c1N. The van der Waals surface area contributed by atoms with Crippen molar-refractivity contribution in [3.63, 3.8) is 0 Å². The normalized spacial score (nSPS) is 17.8. The van der Waals surface area contributed by atoms with Crippen LogP contribution >= 0.6 is 0 Å². The monoisotopic (exact) mass is 427 g/mol. The van der Waals surface area contributed by atoms with Crippen molar-refractivity contribution in [3.05, 3.63) is 66.2 Å². The molecular formula is C24H21N5O3. The molecule has 0 atom stereocenters. The molecule has 5 N–H and O–H groups in total. The molecule has 1 aliphatic rings. The third-order valence-corrected chi connectivity index (χ3v) is 6.04. The smallest absolute Gasteiger partial charge is 0.306 e. The summed E-state index contributed by atoms with van der Waals surface area (Å²) in [7, 11) is 0. The first-order valence-corrected chi connectivity index (χ1v) is 10.3. The Morgan fingerprint density at radius 3 is 2.41 bits per heavy atom. The number of primary amides is 1. The second kappa shape index (κ2) is 7.49. The summed E-state index contributed by atoms with van der Waals surface area (Å²) in [5, 5.41) is 14.7. The number of benzene rings is 2. The number of nitrogen functional groups attached to an aromatic ring is 1. The van der Waals surface area contributed by atoms with E-state index in [9.17, 15) is 9.59 Å². The number of fused-ring (bicyclic) bond motifs is 1. The van der Waals surface area contributed by atoms with Gasteiger partial charge in [0.2, 0.25) is 0 Å². The molecule has 0 radical (unpaired) electrons. The van der Waals surface area contributed by atoms with Crippen molar-refractivity contribution in [3.8, 4) is 22.5 Å². The van der Waals surface area contributed by atoms with Crippen molar-refractivity contribution in [2.45, 2.75) is 18.9 Å². The van der Waals surface area contributed by atoms with Gasteiger partial charge in [-0.05, 0) is 25.0 Å². The number of nitrogens with two attached hydrogens (primary N) is 2. The molecule has 1 aliphatic carbocycles. The number of carbonyl (C=O) groups excluding carboxylic acids is 1. The van der Waals surface area contributed by atoms with Gasteiger partial charge in [-0.15, -0.1) is 0 Å². The molecular weight excluding hydrogens is 406 g/mol. The van der Waals surface area contributed by atoms with Crippen LogP contribution in [0.1, 0.15) is 29.2 Å². The molecule has 8 heteroatoms. The van der Waals surface area contributed by atoms with E-state index in [0.717, 1.165) is 22.2 Å². The molecule has 2 heterocycles. The molecule has 1 fully saturated rings. The van der Waals surface area contributed by atoms with Gasteiger partial charge < -0.3 is 16.6 Å². The van der Waals surface area contributed by atoms with Gasteiger partial charge in [0.1, 0.15) is 17.1 Å². The van der Waals surface area contributed by atoms with Gasteiger partial charge in [0, 0.05) is 16.5 Å². The average molecular weight is 427 g/mol. The Labute approximate surface area is 183 Å². The van der Waals surface area contributed by atoms with Gasteiger partial charge in [-0.1, -0.05) is 48.5 Å². The zero-order valence-electron chi connectivity index (χ0n) is 17.1. The predicted octanol–water partition coefficient (Wildman–Crippen LogP) is 3.48. The van der Waals surface area contributed by atoms with E-state index in [2.05, 4.69) is 5.10 Å². The number of hydrogen-bond donors (Lipinski definition) is 3. The maximum Gasteiger partial charge on any atom is 0.306 e. The van der Waals surface area contributed by atoms with Crippen LogP contribution in [0.2, 0.25) is 0 Å². The summed E-state index contributed by atoms with van der Waals surface area (Å²) in [5.74, 6) is -1.78. The van der Waals surface area contributed by atoms with Crippen LogP contribution < -0.4 is 11.5 Å². The summed E-state index contributed by atoms with van der Waals surface area (Å²) in [5.41, 5.74) is 15.6. The van der Waals surface area contributed by atoms with Crippen LogP contribution in [0.25, 0.3) is 33.4 Å². The third kappa shape index (κ3) is 3.26. The van der Waals surface area contributed by atoms with E-state index < -0.39 is 17.8 Å². The largest absolute Gasteiger partial charge is 0.481 e. The maximum atomic E-state index is 12.2. The van der Waals surface area contributed by atoms with Crippen LogP contribution in [0.5, 0.6) is 0 Å². The minimum atomic E-state index is -0.836. The van der Waals surface area contributed by atoms with Crippen molar-refractivity contribution in [2.75, 3.05) is 5.73 Å². The molecule has 1 saturated carbocycles. The molecule has 0 spiro atoms. The van der Waals surface area contributed by atoms with E-state index in [-0.39, 0.29) is 17.4 Å². The lowest BCUT2D eigenvalue weighted by Crippen LogP contribution is -2.33. The lowest BCUT2D eigenvalue weighted by atomic mass is 9.80. The third-order valence-electron chi connectivity index (χ3n) is 6.04. The summed E-state index contributed by atoms with van der Waals surface area (Å²) in [4.78, 5) is 28.2. The fourth-order valence-electron chi connectivity index (χ4n) is 4.19. The number of nitrogens with zero attached hydrogens (tertiary/aromatic N) is 3. The van der Waals surface area contributed by atoms with Crippen LogP contribution in [0.15, 0.2) is 60.7 Å². The zero-order valence-corrected chi connectivity index (χ0v) is 17.1. The molecule has 160 valence electrons. The fraction of sp³-hybridized carbons (Fsp3) is 0.167. The molecule has 8 nitrogen and oxygen atoms in total. The molecule has 0 aliphatic heterocycles. The van der Waals surface area contributed by atoms with Crippen molar-refractivity contribution in [1.82, 2.24) is 14.8 Å². The molecule has 4 aromatic rings. The number of carbonyl (C=O) groups is 2. The number of rotatable bonds is 5. The molecule has 0 bridgehead atoms. The lowest BCUT2D eigenvalue weighted by Gasteiger charge is -2.32. The first-order chi connectivity index (χ1) is 15.4. The second-order valence-corrected chi connectivity index (χ2v) is 8.05. The quantitative estimate of drug-likeness (QED) is 0.446. The highest BCUT2D eigenvalue weighted by Crippen LogP contribution is 2.41. The summed E-state index contributed by atoms with van der Waals surface area (Å²) in [6, 6.07) is 19.3. The number of carboxylic acids is 1. The van der Waals surface area contributed by atoms with Gasteiger partial charge in [0.15, 0.2) is 0 Å². The Bertz CT molecular complexity index is 1360. The zero-order chi connectivity index (χ0) is 22.4. The summed E-state index contributed by atoms with van der Waals surface area (Å²) < 4.78 is 1.53. The number of aliphatic carboxylic acids is 1.